The molecule has 0 atom stereocenters. The van der Waals surface area contributed by atoms with Crippen LogP contribution < -0.4 is 0 Å². The number of unbranched alkanes of at least 4 members (excludes halogenated alkanes) is 4. The fourth-order valence-electron chi connectivity index (χ4n) is 0.889. The van der Waals surface area contributed by atoms with E-state index in [1.807, 2.05) is 25.6 Å². The van der Waals surface area contributed by atoms with Gasteiger partial charge < -0.3 is 5.11 Å². The first-order chi connectivity index (χ1) is 5.91. The van der Waals surface area contributed by atoms with E-state index in [1.165, 1.54) is 31.4 Å². The van der Waals surface area contributed by atoms with Gasteiger partial charge in [0.05, 0.1) is 0 Å². The molecule has 84 valence electrons. The van der Waals surface area contributed by atoms with E-state index in [1.54, 1.807) is 0 Å². The molecule has 0 saturated carbocycles. The Kier molecular flexibility index (Phi) is 31.4. The standard InChI is InChI=1S/C8H18OS.C2H6.Cm/c1-10-8-6-4-2-3-5-7-9;1-2;/h9H,2-8H2,1H3;1-2H3;. The SMILES string of the molecule is CC.CSCCCCCCCO.[Cm]. The van der Waals surface area contributed by atoms with Crippen LogP contribution in [0.4, 0.5) is 0 Å². The molecule has 0 spiro atoms. The molecule has 0 aliphatic carbocycles. The summed E-state index contributed by atoms with van der Waals surface area (Å²) in [5, 5.41) is 8.46. The molecule has 0 fully saturated rings. The minimum atomic E-state index is 0. The van der Waals surface area contributed by atoms with Gasteiger partial charge in [-0.1, -0.05) is 33.1 Å². The molecule has 0 radical (unpaired) electrons. The van der Waals surface area contributed by atoms with Crippen molar-refractivity contribution in [2.75, 3.05) is 18.6 Å². The van der Waals surface area contributed by atoms with E-state index < -0.39 is 0 Å². The molecule has 0 rings (SSSR count). The molecule has 0 aliphatic rings. The second-order valence-corrected chi connectivity index (χ2v) is 3.47. The molecule has 0 saturated heterocycles. The average Bonchev–Trinajstić information content (AvgIpc) is 2.15. The van der Waals surface area contributed by atoms with Gasteiger partial charge in [-0.3, -0.25) is 0 Å². The third kappa shape index (κ3) is 24.6. The number of hydrogen-bond acceptors (Lipinski definition) is 2. The zero-order valence-corrected chi connectivity index (χ0v) is 12.9. The predicted octanol–water partition coefficient (Wildman–Crippen LogP) is 3.32. The number of aliphatic hydroxyl groups excluding tert-OH is 1. The molecular weight excluding hydrogens is 415 g/mol. The van der Waals surface area contributed by atoms with Crippen molar-refractivity contribution in [1.82, 2.24) is 0 Å². The molecule has 0 aromatic carbocycles. The summed E-state index contributed by atoms with van der Waals surface area (Å²) < 4.78 is 0. The van der Waals surface area contributed by atoms with E-state index in [0.29, 0.717) is 6.61 Å². The van der Waals surface area contributed by atoms with E-state index in [2.05, 4.69) is 6.26 Å². The predicted molar refractivity (Wildman–Crippen MR) is 59.9 cm³/mol. The summed E-state index contributed by atoms with van der Waals surface area (Å²) in [4.78, 5) is 0. The van der Waals surface area contributed by atoms with Crippen molar-refractivity contribution in [1.29, 1.82) is 0 Å². The van der Waals surface area contributed by atoms with Crippen LogP contribution in [0, 0.1) is 0 Å². The zero-order valence-electron chi connectivity index (χ0n) is 9.16. The topological polar surface area (TPSA) is 20.2 Å². The van der Waals surface area contributed by atoms with Gasteiger partial charge in [-0.05, 0) is 24.9 Å². The molecule has 0 aromatic heterocycles. The largest absolute Gasteiger partial charge is 0.396 e. The first kappa shape index (κ1) is 18.2. The second kappa shape index (κ2) is 22.5. The Bertz CT molecular complexity index is 54.9. The van der Waals surface area contributed by atoms with Crippen LogP contribution in [0.2, 0.25) is 0 Å². The number of thioether (sulfide) groups is 1. The van der Waals surface area contributed by atoms with Gasteiger partial charge in [0.15, 0.2) is 0 Å². The van der Waals surface area contributed by atoms with Gasteiger partial charge in [0, 0.05) is 6.61 Å². The van der Waals surface area contributed by atoms with Crippen molar-refractivity contribution in [3.8, 4) is 0 Å². The Labute approximate surface area is 81.9 Å². The fourth-order valence-corrected chi connectivity index (χ4v) is 1.38. The number of hydrogen-bond donors (Lipinski definition) is 1. The van der Waals surface area contributed by atoms with E-state index >= 15 is 0 Å². The molecule has 0 heterocycles. The van der Waals surface area contributed by atoms with E-state index in [9.17, 15) is 0 Å². The molecule has 3 heteroatoms. The summed E-state index contributed by atoms with van der Waals surface area (Å²) >= 11 is 1.92. The summed E-state index contributed by atoms with van der Waals surface area (Å²) in [6.07, 6.45) is 8.30. The summed E-state index contributed by atoms with van der Waals surface area (Å²) in [7, 11) is 0. The zero-order chi connectivity index (χ0) is 9.66. The van der Waals surface area contributed by atoms with Crippen LogP contribution in [0.3, 0.4) is 0 Å². The third-order valence-corrected chi connectivity index (χ3v) is 2.20. The molecule has 1 nitrogen and oxygen atoms in total. The maximum Gasteiger partial charge on any atom is 0.0431 e. The van der Waals surface area contributed by atoms with Crippen molar-refractivity contribution in [2.24, 2.45) is 0 Å². The smallest absolute Gasteiger partial charge is 0.0431 e. The second-order valence-electron chi connectivity index (χ2n) is 2.48. The van der Waals surface area contributed by atoms with Crippen LogP contribution in [0.5, 0.6) is 0 Å². The van der Waals surface area contributed by atoms with Gasteiger partial charge in [0.25, 0.3) is 0 Å². The summed E-state index contributed by atoms with van der Waals surface area (Å²) in [6, 6.07) is 0. The van der Waals surface area contributed by atoms with Crippen LogP contribution in [0.25, 0.3) is 0 Å². The van der Waals surface area contributed by atoms with Crippen LogP contribution >= 0.6 is 11.8 Å². The van der Waals surface area contributed by atoms with Gasteiger partial charge in [-0.2, -0.15) is 11.8 Å². The molecule has 1 N–H and O–H groups in total. The van der Waals surface area contributed by atoms with Crippen LogP contribution in [0.15, 0.2) is 0 Å². The molecule has 0 aromatic rings. The molecule has 0 amide bonds. The molecule has 0 bridgehead atoms. The van der Waals surface area contributed by atoms with Crippen LogP contribution in [-0.4, -0.2) is 23.7 Å². The van der Waals surface area contributed by atoms with E-state index in [4.69, 9.17) is 5.11 Å². The Morgan fingerprint density at radius 3 is 1.85 bits per heavy atom. The van der Waals surface area contributed by atoms with Crippen molar-refractivity contribution in [3.63, 3.8) is 0 Å². The Balaban J connectivity index is -0.000000309. The number of aliphatic hydroxyl groups is 1. The maximum atomic E-state index is 8.46. The first-order valence-corrected chi connectivity index (χ1v) is 6.41. The average molecular weight is 439 g/mol. The van der Waals surface area contributed by atoms with Crippen molar-refractivity contribution < 1.29 is 5.11 Å². The Hall–Kier alpha value is -0.690. The maximum absolute atomic E-state index is 8.46. The normalized spacial score (nSPS) is 8.31. The summed E-state index contributed by atoms with van der Waals surface area (Å²) in [6.45, 7) is 4.36. The van der Waals surface area contributed by atoms with Crippen molar-refractivity contribution >= 4 is 11.8 Å². The van der Waals surface area contributed by atoms with Gasteiger partial charge in [0.2, 0.25) is 0 Å². The summed E-state index contributed by atoms with van der Waals surface area (Å²) in [5.74, 6) is 1.29. The quantitative estimate of drug-likeness (QED) is 0.615. The Morgan fingerprint density at radius 1 is 0.923 bits per heavy atom. The van der Waals surface area contributed by atoms with Crippen LogP contribution in [-0.2, 0) is 0 Å². The molecule has 13 heavy (non-hydrogen) atoms. The van der Waals surface area contributed by atoms with Gasteiger partial charge in [-0.25, -0.2) is 0 Å². The van der Waals surface area contributed by atoms with E-state index in [-0.39, 0.29) is 0 Å². The van der Waals surface area contributed by atoms with Crippen molar-refractivity contribution in [3.05, 3.63) is 0 Å². The van der Waals surface area contributed by atoms with E-state index in [0.717, 1.165) is 6.42 Å². The minimum absolute atomic E-state index is 0. The molecule has 0 aliphatic heterocycles. The molecular formula is C10H24CmOS. The number of rotatable bonds is 7. The minimum Gasteiger partial charge on any atom is -0.396 e. The third-order valence-electron chi connectivity index (χ3n) is 1.51. The fraction of sp³-hybridized carbons (Fsp3) is 1.00. The first-order valence-electron chi connectivity index (χ1n) is 5.01. The van der Waals surface area contributed by atoms with Gasteiger partial charge >= 0.3 is 0 Å². The molecule has 0 unspecified atom stereocenters. The Morgan fingerprint density at radius 2 is 1.38 bits per heavy atom. The summed E-state index contributed by atoms with van der Waals surface area (Å²) in [5.41, 5.74) is 0. The van der Waals surface area contributed by atoms with Crippen molar-refractivity contribution in [2.45, 2.75) is 46.0 Å². The van der Waals surface area contributed by atoms with Gasteiger partial charge in [-0.15, -0.1) is 0 Å². The monoisotopic (exact) mass is 435 g/mol. The van der Waals surface area contributed by atoms with Crippen LogP contribution in [0.1, 0.15) is 46.0 Å². The van der Waals surface area contributed by atoms with Gasteiger partial charge in [0.1, 0.15) is 0 Å².